The molecule has 174 valence electrons. The number of likely N-dealkylation sites (tertiary alicyclic amines) is 1. The molecule has 1 aliphatic carbocycles. The summed E-state index contributed by atoms with van der Waals surface area (Å²) in [7, 11) is 0. The molecule has 10 heteroatoms. The summed E-state index contributed by atoms with van der Waals surface area (Å²) < 4.78 is 31.9. The maximum atomic E-state index is 15.1. The number of carbonyl (C=O) groups is 2. The van der Waals surface area contributed by atoms with Crippen LogP contribution in [0.5, 0.6) is 11.8 Å². The van der Waals surface area contributed by atoms with Gasteiger partial charge >= 0.3 is 6.09 Å². The molecule has 2 N–H and O–H groups in total. The first-order valence-electron chi connectivity index (χ1n) is 10.6. The van der Waals surface area contributed by atoms with Gasteiger partial charge in [-0.2, -0.15) is 4.39 Å². The number of hydrogen-bond acceptors (Lipinski definition) is 7. The van der Waals surface area contributed by atoms with Crippen molar-refractivity contribution in [1.82, 2.24) is 14.9 Å². The molecule has 1 fully saturated rings. The largest absolute Gasteiger partial charge is 0.474 e. The highest BCUT2D eigenvalue weighted by Crippen LogP contribution is 2.33. The van der Waals surface area contributed by atoms with Crippen molar-refractivity contribution in [3.05, 3.63) is 35.7 Å². The number of nitrogens with zero attached hydrogens (tertiary/aromatic N) is 3. The van der Waals surface area contributed by atoms with Crippen molar-refractivity contribution in [1.29, 1.82) is 0 Å². The topological polar surface area (TPSA) is 117 Å². The smallest absolute Gasteiger partial charge is 0.410 e. The molecule has 2 heterocycles. The molecule has 0 aromatic carbocycles. The summed E-state index contributed by atoms with van der Waals surface area (Å²) in [6.07, 6.45) is 6.16. The number of ether oxygens (including phenoxy) is 3. The molecule has 2 amide bonds. The summed E-state index contributed by atoms with van der Waals surface area (Å²) in [6, 6.07) is 0. The van der Waals surface area contributed by atoms with Gasteiger partial charge in [0.1, 0.15) is 12.4 Å². The SMILES string of the molecule is Cc1c(OC2CCN(C(=O)OC(C)C)CC2)ncnc1OC1(F)C=CC(CC(N)=O)=CC1. The zero-order valence-corrected chi connectivity index (χ0v) is 18.5. The Labute approximate surface area is 186 Å². The number of rotatable bonds is 7. The molecule has 0 saturated carbocycles. The van der Waals surface area contributed by atoms with Gasteiger partial charge in [0.2, 0.25) is 17.7 Å². The van der Waals surface area contributed by atoms with Gasteiger partial charge < -0.3 is 24.8 Å². The average molecular weight is 448 g/mol. The van der Waals surface area contributed by atoms with Gasteiger partial charge in [-0.1, -0.05) is 12.2 Å². The molecule has 0 radical (unpaired) electrons. The number of halogens is 1. The Morgan fingerprint density at radius 3 is 2.56 bits per heavy atom. The highest BCUT2D eigenvalue weighted by Gasteiger charge is 2.32. The number of primary amides is 1. The molecule has 2 aliphatic rings. The molecule has 1 unspecified atom stereocenters. The third kappa shape index (κ3) is 6.18. The zero-order chi connectivity index (χ0) is 23.3. The summed E-state index contributed by atoms with van der Waals surface area (Å²) in [5.74, 6) is -2.19. The van der Waals surface area contributed by atoms with Gasteiger partial charge in [-0.25, -0.2) is 14.8 Å². The van der Waals surface area contributed by atoms with Crippen LogP contribution in [0.2, 0.25) is 0 Å². The van der Waals surface area contributed by atoms with Gasteiger partial charge in [-0.3, -0.25) is 4.79 Å². The summed E-state index contributed by atoms with van der Waals surface area (Å²) in [5.41, 5.74) is 6.29. The van der Waals surface area contributed by atoms with Gasteiger partial charge in [0.05, 0.1) is 18.1 Å². The van der Waals surface area contributed by atoms with E-state index >= 15 is 4.39 Å². The summed E-state index contributed by atoms with van der Waals surface area (Å²) in [6.45, 7) is 6.35. The van der Waals surface area contributed by atoms with Crippen LogP contribution in [-0.2, 0) is 9.53 Å². The predicted molar refractivity (Wildman–Crippen MR) is 114 cm³/mol. The van der Waals surface area contributed by atoms with Crippen LogP contribution in [0.15, 0.2) is 30.1 Å². The Balaban J connectivity index is 1.58. The minimum Gasteiger partial charge on any atom is -0.474 e. The lowest BCUT2D eigenvalue weighted by Gasteiger charge is -2.32. The van der Waals surface area contributed by atoms with Crippen LogP contribution in [0.1, 0.15) is 45.1 Å². The van der Waals surface area contributed by atoms with Gasteiger partial charge in [0.15, 0.2) is 0 Å². The number of aromatic nitrogens is 2. The molecule has 9 nitrogen and oxygen atoms in total. The number of amides is 2. The second-order valence-corrected chi connectivity index (χ2v) is 8.19. The minimum absolute atomic E-state index is 0.0467. The maximum absolute atomic E-state index is 15.1. The van der Waals surface area contributed by atoms with E-state index in [9.17, 15) is 9.59 Å². The molecule has 32 heavy (non-hydrogen) atoms. The monoisotopic (exact) mass is 448 g/mol. The van der Waals surface area contributed by atoms with Gasteiger partial charge in [0.25, 0.3) is 5.85 Å². The fourth-order valence-electron chi connectivity index (χ4n) is 3.44. The number of piperidine rings is 1. The van der Waals surface area contributed by atoms with E-state index < -0.39 is 11.8 Å². The molecule has 1 atom stereocenters. The lowest BCUT2D eigenvalue weighted by atomic mass is 10.0. The quantitative estimate of drug-likeness (QED) is 0.681. The third-order valence-corrected chi connectivity index (χ3v) is 5.14. The highest BCUT2D eigenvalue weighted by atomic mass is 19.2. The van der Waals surface area contributed by atoms with Gasteiger partial charge in [0, 0.05) is 32.4 Å². The van der Waals surface area contributed by atoms with E-state index in [2.05, 4.69) is 9.97 Å². The molecular formula is C22H29FN4O5. The van der Waals surface area contributed by atoms with Crippen molar-refractivity contribution in [2.45, 2.75) is 64.5 Å². The highest BCUT2D eigenvalue weighted by molar-refractivity contribution is 5.77. The van der Waals surface area contributed by atoms with Crippen LogP contribution in [0.25, 0.3) is 0 Å². The van der Waals surface area contributed by atoms with Crippen LogP contribution in [-0.4, -0.2) is 58.0 Å². The Kier molecular flexibility index (Phi) is 7.32. The molecule has 0 spiro atoms. The molecule has 3 rings (SSSR count). The van der Waals surface area contributed by atoms with E-state index in [-0.39, 0.29) is 37.0 Å². The third-order valence-electron chi connectivity index (χ3n) is 5.14. The lowest BCUT2D eigenvalue weighted by Crippen LogP contribution is -2.42. The number of nitrogens with two attached hydrogens (primary N) is 1. The van der Waals surface area contributed by atoms with E-state index in [1.54, 1.807) is 17.9 Å². The van der Waals surface area contributed by atoms with Crippen LogP contribution in [0.3, 0.4) is 0 Å². The van der Waals surface area contributed by atoms with Crippen LogP contribution in [0, 0.1) is 6.92 Å². The Hall–Kier alpha value is -3.17. The van der Waals surface area contributed by atoms with Crippen molar-refractivity contribution in [2.24, 2.45) is 5.73 Å². The van der Waals surface area contributed by atoms with Crippen molar-refractivity contribution >= 4 is 12.0 Å². The van der Waals surface area contributed by atoms with Crippen LogP contribution < -0.4 is 15.2 Å². The summed E-state index contributed by atoms with van der Waals surface area (Å²) in [5, 5.41) is 0. The zero-order valence-electron chi connectivity index (χ0n) is 18.5. The minimum atomic E-state index is -2.10. The number of allylic oxidation sites excluding steroid dienone is 1. The van der Waals surface area contributed by atoms with Gasteiger partial charge in [-0.05, 0) is 32.4 Å². The van der Waals surface area contributed by atoms with E-state index in [0.29, 0.717) is 42.9 Å². The van der Waals surface area contributed by atoms with Crippen molar-refractivity contribution in [2.75, 3.05) is 13.1 Å². The number of carbonyl (C=O) groups excluding carboxylic acids is 2. The second-order valence-electron chi connectivity index (χ2n) is 8.19. The predicted octanol–water partition coefficient (Wildman–Crippen LogP) is 2.98. The fourth-order valence-corrected chi connectivity index (χ4v) is 3.44. The van der Waals surface area contributed by atoms with Gasteiger partial charge in [-0.15, -0.1) is 0 Å². The standard InChI is InChI=1S/C22H29FN4O5/c1-14(2)30-21(29)27-10-6-17(7-11-27)31-19-15(3)20(26-13-25-19)32-22(23)8-4-16(5-9-22)12-18(24)28/h4-5,8,13-14,17H,6-7,9-12H2,1-3H3,(H2,24,28). The van der Waals surface area contributed by atoms with Crippen molar-refractivity contribution < 1.29 is 28.2 Å². The maximum Gasteiger partial charge on any atom is 0.410 e. The van der Waals surface area contributed by atoms with E-state index in [4.69, 9.17) is 19.9 Å². The number of alkyl halides is 1. The Morgan fingerprint density at radius 1 is 1.28 bits per heavy atom. The summed E-state index contributed by atoms with van der Waals surface area (Å²) >= 11 is 0. The molecule has 0 bridgehead atoms. The van der Waals surface area contributed by atoms with Crippen LogP contribution >= 0.6 is 0 Å². The first kappa shape index (κ1) is 23.5. The summed E-state index contributed by atoms with van der Waals surface area (Å²) in [4.78, 5) is 32.9. The van der Waals surface area contributed by atoms with E-state index in [1.165, 1.54) is 18.5 Å². The van der Waals surface area contributed by atoms with Crippen molar-refractivity contribution in [3.63, 3.8) is 0 Å². The van der Waals surface area contributed by atoms with Crippen LogP contribution in [0.4, 0.5) is 9.18 Å². The van der Waals surface area contributed by atoms with Crippen molar-refractivity contribution in [3.8, 4) is 11.8 Å². The molecule has 1 aromatic rings. The second kappa shape index (κ2) is 9.97. The Bertz CT molecular complexity index is 912. The Morgan fingerprint density at radius 2 is 1.97 bits per heavy atom. The average Bonchev–Trinajstić information content (AvgIpc) is 2.72. The van der Waals surface area contributed by atoms with E-state index in [1.807, 2.05) is 13.8 Å². The molecule has 1 saturated heterocycles. The first-order valence-corrected chi connectivity index (χ1v) is 10.6. The lowest BCUT2D eigenvalue weighted by molar-refractivity contribution is -0.117. The fraction of sp³-hybridized carbons (Fsp3) is 0.545. The first-order chi connectivity index (χ1) is 15.1. The number of hydrogen-bond donors (Lipinski definition) is 1. The molecule has 1 aliphatic heterocycles. The molecule has 1 aromatic heterocycles. The molecular weight excluding hydrogens is 419 g/mol. The van der Waals surface area contributed by atoms with E-state index in [0.717, 1.165) is 0 Å². The normalized spacial score (nSPS) is 21.3.